The van der Waals surface area contributed by atoms with E-state index in [0.717, 1.165) is 4.90 Å². The van der Waals surface area contributed by atoms with Crippen LogP contribution in [0, 0.1) is 0 Å². The SMILES string of the molecule is Nc1cccc(SCC(=O)NC(=O)c2ccc[nH]2)c1. The van der Waals surface area contributed by atoms with E-state index in [0.29, 0.717) is 11.4 Å². The van der Waals surface area contributed by atoms with Gasteiger partial charge in [-0.2, -0.15) is 0 Å². The average Bonchev–Trinajstić information content (AvgIpc) is 2.90. The van der Waals surface area contributed by atoms with Crippen molar-refractivity contribution in [3.8, 4) is 0 Å². The molecular weight excluding hydrogens is 262 g/mol. The molecule has 0 atom stereocenters. The molecule has 2 rings (SSSR count). The minimum Gasteiger partial charge on any atom is -0.399 e. The Balaban J connectivity index is 1.83. The Morgan fingerprint density at radius 2 is 2.11 bits per heavy atom. The maximum atomic E-state index is 11.6. The second-order valence-electron chi connectivity index (χ2n) is 3.82. The predicted molar refractivity (Wildman–Crippen MR) is 74.8 cm³/mol. The number of H-pyrrole nitrogens is 1. The van der Waals surface area contributed by atoms with E-state index in [9.17, 15) is 9.59 Å². The van der Waals surface area contributed by atoms with Gasteiger partial charge < -0.3 is 10.7 Å². The molecule has 6 heteroatoms. The van der Waals surface area contributed by atoms with E-state index < -0.39 is 5.91 Å². The molecule has 2 amide bonds. The van der Waals surface area contributed by atoms with Crippen molar-refractivity contribution in [1.82, 2.24) is 10.3 Å². The minimum atomic E-state index is -0.428. The molecular formula is C13H13N3O2S. The Bertz CT molecular complexity index is 581. The van der Waals surface area contributed by atoms with Crippen LogP contribution in [0.5, 0.6) is 0 Å². The number of aromatic nitrogens is 1. The lowest BCUT2D eigenvalue weighted by Gasteiger charge is -2.03. The highest BCUT2D eigenvalue weighted by atomic mass is 32.2. The lowest BCUT2D eigenvalue weighted by Crippen LogP contribution is -2.32. The van der Waals surface area contributed by atoms with Crippen LogP contribution in [-0.4, -0.2) is 22.6 Å². The standard InChI is InChI=1S/C13H13N3O2S/c14-9-3-1-4-10(7-9)19-8-12(17)16-13(18)11-5-2-6-15-11/h1-7,15H,8,14H2,(H,16,17,18). The van der Waals surface area contributed by atoms with Gasteiger partial charge in [-0.3, -0.25) is 14.9 Å². The molecule has 19 heavy (non-hydrogen) atoms. The Hall–Kier alpha value is -2.21. The van der Waals surface area contributed by atoms with Gasteiger partial charge in [0, 0.05) is 16.8 Å². The zero-order chi connectivity index (χ0) is 13.7. The highest BCUT2D eigenvalue weighted by molar-refractivity contribution is 8.00. The van der Waals surface area contributed by atoms with Crippen LogP contribution in [0.4, 0.5) is 5.69 Å². The Morgan fingerprint density at radius 1 is 1.26 bits per heavy atom. The summed E-state index contributed by atoms with van der Waals surface area (Å²) in [6.45, 7) is 0. The number of amides is 2. The number of nitrogens with one attached hydrogen (secondary N) is 2. The third-order valence-corrected chi connectivity index (χ3v) is 3.32. The number of anilines is 1. The summed E-state index contributed by atoms with van der Waals surface area (Å²) in [7, 11) is 0. The van der Waals surface area contributed by atoms with Crippen LogP contribution in [0.3, 0.4) is 0 Å². The molecule has 1 heterocycles. The normalized spacial score (nSPS) is 10.1. The molecule has 0 radical (unpaired) electrons. The number of aromatic amines is 1. The molecule has 0 unspecified atom stereocenters. The van der Waals surface area contributed by atoms with Crippen molar-refractivity contribution in [2.45, 2.75) is 4.90 Å². The molecule has 0 bridgehead atoms. The van der Waals surface area contributed by atoms with E-state index in [4.69, 9.17) is 5.73 Å². The van der Waals surface area contributed by atoms with Gasteiger partial charge in [0.2, 0.25) is 5.91 Å². The largest absolute Gasteiger partial charge is 0.399 e. The van der Waals surface area contributed by atoms with Gasteiger partial charge >= 0.3 is 0 Å². The van der Waals surface area contributed by atoms with Gasteiger partial charge in [0.1, 0.15) is 5.69 Å². The van der Waals surface area contributed by atoms with Crippen LogP contribution in [0.1, 0.15) is 10.5 Å². The summed E-state index contributed by atoms with van der Waals surface area (Å²) in [5, 5.41) is 2.31. The molecule has 2 aromatic rings. The number of imide groups is 1. The first-order valence-electron chi connectivity index (χ1n) is 5.61. The monoisotopic (exact) mass is 275 g/mol. The maximum absolute atomic E-state index is 11.6. The summed E-state index contributed by atoms with van der Waals surface area (Å²) in [5.74, 6) is -0.606. The fourth-order valence-corrected chi connectivity index (χ4v) is 2.22. The quantitative estimate of drug-likeness (QED) is 0.584. The summed E-state index contributed by atoms with van der Waals surface area (Å²) in [5.41, 5.74) is 6.65. The predicted octanol–water partition coefficient (Wildman–Crippen LogP) is 1.65. The number of nitrogen functional groups attached to an aromatic ring is 1. The Kier molecular flexibility index (Phi) is 4.25. The average molecular weight is 275 g/mol. The molecule has 98 valence electrons. The zero-order valence-electron chi connectivity index (χ0n) is 10.1. The smallest absolute Gasteiger partial charge is 0.274 e. The summed E-state index contributed by atoms with van der Waals surface area (Å²) in [4.78, 5) is 26.8. The second-order valence-corrected chi connectivity index (χ2v) is 4.87. The number of carbonyl (C=O) groups excluding carboxylic acids is 2. The van der Waals surface area contributed by atoms with Crippen LogP contribution in [0.2, 0.25) is 0 Å². The number of hydrogen-bond donors (Lipinski definition) is 3. The number of hydrogen-bond acceptors (Lipinski definition) is 4. The molecule has 4 N–H and O–H groups in total. The fourth-order valence-electron chi connectivity index (χ4n) is 1.45. The van der Waals surface area contributed by atoms with E-state index in [1.807, 2.05) is 12.1 Å². The third-order valence-electron chi connectivity index (χ3n) is 2.32. The molecule has 1 aromatic heterocycles. The molecule has 0 saturated heterocycles. The van der Waals surface area contributed by atoms with Crippen molar-refractivity contribution in [3.05, 3.63) is 48.3 Å². The second kappa shape index (κ2) is 6.10. The van der Waals surface area contributed by atoms with Gasteiger partial charge in [-0.05, 0) is 30.3 Å². The number of benzene rings is 1. The highest BCUT2D eigenvalue weighted by Crippen LogP contribution is 2.19. The number of nitrogens with two attached hydrogens (primary N) is 1. The number of carbonyl (C=O) groups is 2. The summed E-state index contributed by atoms with van der Waals surface area (Å²) < 4.78 is 0. The van der Waals surface area contributed by atoms with Gasteiger partial charge in [-0.15, -0.1) is 11.8 Å². The van der Waals surface area contributed by atoms with Gasteiger partial charge in [0.15, 0.2) is 0 Å². The van der Waals surface area contributed by atoms with E-state index in [1.165, 1.54) is 11.8 Å². The summed E-state index contributed by atoms with van der Waals surface area (Å²) in [6, 6.07) is 10.5. The molecule has 0 saturated carbocycles. The van der Waals surface area contributed by atoms with Gasteiger partial charge in [0.05, 0.1) is 5.75 Å². The van der Waals surface area contributed by atoms with Crippen LogP contribution < -0.4 is 11.1 Å². The maximum Gasteiger partial charge on any atom is 0.274 e. The molecule has 0 fully saturated rings. The van der Waals surface area contributed by atoms with Crippen molar-refractivity contribution < 1.29 is 9.59 Å². The van der Waals surface area contributed by atoms with Crippen LogP contribution in [0.15, 0.2) is 47.5 Å². The number of thioether (sulfide) groups is 1. The fraction of sp³-hybridized carbons (Fsp3) is 0.0769. The van der Waals surface area contributed by atoms with Crippen LogP contribution in [-0.2, 0) is 4.79 Å². The first-order valence-corrected chi connectivity index (χ1v) is 6.59. The van der Waals surface area contributed by atoms with Crippen LogP contribution >= 0.6 is 11.8 Å². The summed E-state index contributed by atoms with van der Waals surface area (Å²) in [6.07, 6.45) is 1.63. The van der Waals surface area contributed by atoms with Gasteiger partial charge in [-0.25, -0.2) is 0 Å². The molecule has 0 aliphatic heterocycles. The summed E-state index contributed by atoms with van der Waals surface area (Å²) >= 11 is 1.33. The topological polar surface area (TPSA) is 88.0 Å². The molecule has 0 aliphatic carbocycles. The van der Waals surface area contributed by atoms with Crippen molar-refractivity contribution >= 4 is 29.3 Å². The number of rotatable bonds is 4. The van der Waals surface area contributed by atoms with Gasteiger partial charge in [-0.1, -0.05) is 6.07 Å². The third kappa shape index (κ3) is 3.89. The van der Waals surface area contributed by atoms with Crippen molar-refractivity contribution in [1.29, 1.82) is 0 Å². The van der Waals surface area contributed by atoms with E-state index in [1.54, 1.807) is 30.5 Å². The zero-order valence-corrected chi connectivity index (χ0v) is 10.9. The first-order chi connectivity index (χ1) is 9.15. The molecule has 1 aromatic carbocycles. The molecule has 5 nitrogen and oxygen atoms in total. The van der Waals surface area contributed by atoms with Crippen molar-refractivity contribution in [3.63, 3.8) is 0 Å². The van der Waals surface area contributed by atoms with E-state index in [-0.39, 0.29) is 11.7 Å². The first kappa shape index (κ1) is 13.2. The van der Waals surface area contributed by atoms with Crippen LogP contribution in [0.25, 0.3) is 0 Å². The lowest BCUT2D eigenvalue weighted by molar-refractivity contribution is -0.117. The van der Waals surface area contributed by atoms with Crippen molar-refractivity contribution in [2.24, 2.45) is 0 Å². The lowest BCUT2D eigenvalue weighted by atomic mass is 10.3. The Labute approximate surface area is 114 Å². The minimum absolute atomic E-state index is 0.163. The van der Waals surface area contributed by atoms with Gasteiger partial charge in [0.25, 0.3) is 5.91 Å². The van der Waals surface area contributed by atoms with Crippen molar-refractivity contribution in [2.75, 3.05) is 11.5 Å². The van der Waals surface area contributed by atoms with E-state index >= 15 is 0 Å². The Morgan fingerprint density at radius 3 is 2.79 bits per heavy atom. The molecule has 0 spiro atoms. The highest BCUT2D eigenvalue weighted by Gasteiger charge is 2.10. The van der Waals surface area contributed by atoms with E-state index in [2.05, 4.69) is 10.3 Å². The molecule has 0 aliphatic rings.